The Morgan fingerprint density at radius 3 is 2.56 bits per heavy atom. The Labute approximate surface area is 111 Å². The van der Waals surface area contributed by atoms with Crippen molar-refractivity contribution in [2.75, 3.05) is 6.26 Å². The van der Waals surface area contributed by atoms with Crippen LogP contribution in [0, 0.1) is 5.92 Å². The number of carboxylic acids is 1. The minimum absolute atomic E-state index is 0.119. The van der Waals surface area contributed by atoms with Crippen LogP contribution in [-0.2, 0) is 4.79 Å². The van der Waals surface area contributed by atoms with E-state index in [9.17, 15) is 9.59 Å². The molecule has 3 atom stereocenters. The molecule has 0 aromatic carbocycles. The summed E-state index contributed by atoms with van der Waals surface area (Å²) in [6.07, 6.45) is 7.08. The number of carbonyl (C=O) groups excluding carboxylic acids is 1. The Bertz CT molecular complexity index is 333. The molecule has 0 aromatic rings. The van der Waals surface area contributed by atoms with Crippen molar-refractivity contribution in [3.05, 3.63) is 0 Å². The van der Waals surface area contributed by atoms with E-state index in [-0.39, 0.29) is 18.0 Å². The summed E-state index contributed by atoms with van der Waals surface area (Å²) in [7, 11) is 0. The summed E-state index contributed by atoms with van der Waals surface area (Å²) in [4.78, 5) is 22.8. The summed E-state index contributed by atoms with van der Waals surface area (Å²) in [5, 5.41) is 15.0. The molecule has 0 aromatic heterocycles. The third-order valence-electron chi connectivity index (χ3n) is 3.72. The average Bonchev–Trinajstić information content (AvgIpc) is 3.06. The summed E-state index contributed by atoms with van der Waals surface area (Å²) in [6, 6.07) is -0.881. The largest absolute Gasteiger partial charge is 0.480 e. The molecule has 102 valence electrons. The normalized spacial score (nSPS) is 28.7. The molecule has 2 aliphatic carbocycles. The maximum atomic E-state index is 11.8. The van der Waals surface area contributed by atoms with Gasteiger partial charge < -0.3 is 15.7 Å². The van der Waals surface area contributed by atoms with Crippen molar-refractivity contribution in [2.24, 2.45) is 5.92 Å². The highest BCUT2D eigenvalue weighted by atomic mass is 32.2. The Hall–Kier alpha value is -0.910. The van der Waals surface area contributed by atoms with Gasteiger partial charge in [-0.3, -0.25) is 0 Å². The summed E-state index contributed by atoms with van der Waals surface area (Å²) in [5.41, 5.74) is 0. The van der Waals surface area contributed by atoms with Crippen LogP contribution in [0.5, 0.6) is 0 Å². The highest BCUT2D eigenvalue weighted by Gasteiger charge is 2.38. The average molecular weight is 272 g/mol. The summed E-state index contributed by atoms with van der Waals surface area (Å²) >= 11 is 1.77. The second-order valence-corrected chi connectivity index (χ2v) is 6.16. The fourth-order valence-corrected chi connectivity index (χ4v) is 3.47. The van der Waals surface area contributed by atoms with Crippen LogP contribution in [0.2, 0.25) is 0 Å². The van der Waals surface area contributed by atoms with Crippen LogP contribution in [0.4, 0.5) is 4.79 Å². The van der Waals surface area contributed by atoms with Crippen molar-refractivity contribution in [1.29, 1.82) is 0 Å². The van der Waals surface area contributed by atoms with E-state index in [1.807, 2.05) is 6.26 Å². The molecule has 3 N–H and O–H groups in total. The van der Waals surface area contributed by atoms with Gasteiger partial charge in [-0.2, -0.15) is 11.8 Å². The van der Waals surface area contributed by atoms with Gasteiger partial charge in [0.15, 0.2) is 0 Å². The number of carboxylic acid groups (broad SMARTS) is 1. The standard InChI is InChI=1S/C12H20N2O3S/c1-18-9-4-2-3-8(9)13-12(17)14-10(11(15)16)7-5-6-7/h7-10H,2-6H2,1H3,(H,15,16)(H2,13,14,17). The minimum atomic E-state index is -0.930. The lowest BCUT2D eigenvalue weighted by Crippen LogP contribution is -2.51. The number of aliphatic carboxylic acids is 1. The zero-order chi connectivity index (χ0) is 13.1. The first-order valence-electron chi connectivity index (χ1n) is 6.44. The number of nitrogens with one attached hydrogen (secondary N) is 2. The SMILES string of the molecule is CSC1CCCC1NC(=O)NC(C(=O)O)C1CC1. The van der Waals surface area contributed by atoms with Gasteiger partial charge in [0.2, 0.25) is 0 Å². The lowest BCUT2D eigenvalue weighted by molar-refractivity contribution is -0.139. The molecule has 2 rings (SSSR count). The maximum absolute atomic E-state index is 11.8. The summed E-state index contributed by atoms with van der Waals surface area (Å²) in [5.74, 6) is -0.811. The summed E-state index contributed by atoms with van der Waals surface area (Å²) < 4.78 is 0. The van der Waals surface area contributed by atoms with E-state index in [1.54, 1.807) is 11.8 Å². The number of amides is 2. The van der Waals surface area contributed by atoms with Gasteiger partial charge in [0.05, 0.1) is 0 Å². The molecule has 18 heavy (non-hydrogen) atoms. The molecular weight excluding hydrogens is 252 g/mol. The van der Waals surface area contributed by atoms with Crippen molar-refractivity contribution < 1.29 is 14.7 Å². The smallest absolute Gasteiger partial charge is 0.326 e. The van der Waals surface area contributed by atoms with Crippen LogP contribution in [0.3, 0.4) is 0 Å². The molecule has 0 heterocycles. The molecule has 3 unspecified atom stereocenters. The molecule has 5 nitrogen and oxygen atoms in total. The van der Waals surface area contributed by atoms with Gasteiger partial charge in [0, 0.05) is 11.3 Å². The quantitative estimate of drug-likeness (QED) is 0.707. The lowest BCUT2D eigenvalue weighted by atomic mass is 10.2. The van der Waals surface area contributed by atoms with Gasteiger partial charge in [0.1, 0.15) is 6.04 Å². The van der Waals surface area contributed by atoms with Gasteiger partial charge >= 0.3 is 12.0 Å². The third-order valence-corrected chi connectivity index (χ3v) is 4.89. The fraction of sp³-hybridized carbons (Fsp3) is 0.833. The van der Waals surface area contributed by atoms with Gasteiger partial charge in [0.25, 0.3) is 0 Å². The van der Waals surface area contributed by atoms with E-state index in [4.69, 9.17) is 5.11 Å². The van der Waals surface area contributed by atoms with Crippen LogP contribution in [0.15, 0.2) is 0 Å². The van der Waals surface area contributed by atoms with Gasteiger partial charge in [-0.15, -0.1) is 0 Å². The first-order valence-corrected chi connectivity index (χ1v) is 7.73. The van der Waals surface area contributed by atoms with Crippen molar-refractivity contribution in [3.63, 3.8) is 0 Å². The molecule has 0 bridgehead atoms. The number of rotatable bonds is 5. The van der Waals surface area contributed by atoms with E-state index in [2.05, 4.69) is 10.6 Å². The highest BCUT2D eigenvalue weighted by molar-refractivity contribution is 7.99. The van der Waals surface area contributed by atoms with Crippen molar-refractivity contribution in [1.82, 2.24) is 10.6 Å². The molecule has 2 fully saturated rings. The zero-order valence-electron chi connectivity index (χ0n) is 10.5. The Morgan fingerprint density at radius 2 is 2.00 bits per heavy atom. The maximum Gasteiger partial charge on any atom is 0.326 e. The number of hydrogen-bond acceptors (Lipinski definition) is 3. The second-order valence-electron chi connectivity index (χ2n) is 5.08. The zero-order valence-corrected chi connectivity index (χ0v) is 11.3. The first kappa shape index (κ1) is 13.5. The molecule has 0 saturated heterocycles. The predicted molar refractivity (Wildman–Crippen MR) is 70.8 cm³/mol. The van der Waals surface area contributed by atoms with Crippen LogP contribution >= 0.6 is 11.8 Å². The van der Waals surface area contributed by atoms with Crippen molar-refractivity contribution in [2.45, 2.75) is 49.4 Å². The summed E-state index contributed by atoms with van der Waals surface area (Å²) in [6.45, 7) is 0. The van der Waals surface area contributed by atoms with Gasteiger partial charge in [-0.05, 0) is 37.9 Å². The number of hydrogen-bond donors (Lipinski definition) is 3. The van der Waals surface area contributed by atoms with Crippen LogP contribution in [0.25, 0.3) is 0 Å². The Balaban J connectivity index is 1.82. The highest BCUT2D eigenvalue weighted by Crippen LogP contribution is 2.33. The Kier molecular flexibility index (Phi) is 4.37. The van der Waals surface area contributed by atoms with E-state index in [1.165, 1.54) is 0 Å². The molecule has 2 aliphatic rings. The van der Waals surface area contributed by atoms with Crippen LogP contribution < -0.4 is 10.6 Å². The van der Waals surface area contributed by atoms with E-state index in [0.717, 1.165) is 32.1 Å². The molecule has 0 spiro atoms. The van der Waals surface area contributed by atoms with Gasteiger partial charge in [-0.25, -0.2) is 9.59 Å². The molecule has 0 aliphatic heterocycles. The monoisotopic (exact) mass is 272 g/mol. The second kappa shape index (κ2) is 5.82. The number of thioether (sulfide) groups is 1. The minimum Gasteiger partial charge on any atom is -0.480 e. The molecule has 2 saturated carbocycles. The predicted octanol–water partition coefficient (Wildman–Crippen LogP) is 1.43. The first-order chi connectivity index (χ1) is 8.61. The topological polar surface area (TPSA) is 78.4 Å². The number of urea groups is 1. The van der Waals surface area contributed by atoms with E-state index in [0.29, 0.717) is 5.25 Å². The van der Waals surface area contributed by atoms with E-state index < -0.39 is 12.0 Å². The fourth-order valence-electron chi connectivity index (χ4n) is 2.54. The van der Waals surface area contributed by atoms with Crippen molar-refractivity contribution in [3.8, 4) is 0 Å². The molecule has 6 heteroatoms. The van der Waals surface area contributed by atoms with Crippen molar-refractivity contribution >= 4 is 23.8 Å². The van der Waals surface area contributed by atoms with Crippen LogP contribution in [0.1, 0.15) is 32.1 Å². The molecule has 2 amide bonds. The van der Waals surface area contributed by atoms with Gasteiger partial charge in [-0.1, -0.05) is 6.42 Å². The molecular formula is C12H20N2O3S. The molecule has 0 radical (unpaired) electrons. The van der Waals surface area contributed by atoms with E-state index >= 15 is 0 Å². The Morgan fingerprint density at radius 1 is 1.28 bits per heavy atom. The third kappa shape index (κ3) is 3.31. The lowest BCUT2D eigenvalue weighted by Gasteiger charge is -2.21. The van der Waals surface area contributed by atoms with Crippen LogP contribution in [-0.4, -0.2) is 40.7 Å². The number of carbonyl (C=O) groups is 2.